The topological polar surface area (TPSA) is 79.8 Å². The molecule has 2 aromatic rings. The van der Waals surface area contributed by atoms with Gasteiger partial charge < -0.3 is 9.64 Å². The van der Waals surface area contributed by atoms with Crippen molar-refractivity contribution in [3.05, 3.63) is 66.0 Å². The Morgan fingerprint density at radius 2 is 1.91 bits per heavy atom. The molecule has 2 fully saturated rings. The Kier molecular flexibility index (Phi) is 6.65. The fourth-order valence-electron chi connectivity index (χ4n) is 4.61. The zero-order chi connectivity index (χ0) is 22.6. The number of likely N-dealkylation sites (N-methyl/N-ethyl adjacent to an activating group) is 1. The third-order valence-electron chi connectivity index (χ3n) is 6.46. The monoisotopic (exact) mass is 435 g/mol. The molecule has 168 valence electrons. The summed E-state index contributed by atoms with van der Waals surface area (Å²) in [4.78, 5) is 46.8. The van der Waals surface area contributed by atoms with Gasteiger partial charge in [0.1, 0.15) is 0 Å². The Morgan fingerprint density at radius 3 is 2.59 bits per heavy atom. The van der Waals surface area contributed by atoms with Crippen LogP contribution in [0.1, 0.15) is 43.2 Å². The van der Waals surface area contributed by atoms with E-state index in [1.165, 1.54) is 4.90 Å². The fraction of sp³-hybridized carbons (Fsp3) is 0.440. The Hall–Kier alpha value is -3.06. The number of ether oxygens (including phenoxy) is 1. The molecule has 4 rings (SSSR count). The molecule has 0 unspecified atom stereocenters. The molecule has 2 saturated heterocycles. The van der Waals surface area contributed by atoms with E-state index < -0.39 is 5.41 Å². The van der Waals surface area contributed by atoms with Crippen LogP contribution >= 0.6 is 0 Å². The number of benzene rings is 1. The highest BCUT2D eigenvalue weighted by Gasteiger charge is 2.53. The zero-order valence-corrected chi connectivity index (χ0v) is 18.4. The smallest absolute Gasteiger partial charge is 0.241 e. The molecule has 2 aliphatic heterocycles. The van der Waals surface area contributed by atoms with E-state index in [4.69, 9.17) is 4.74 Å². The number of amides is 3. The number of carbonyl (C=O) groups is 3. The second-order valence-corrected chi connectivity index (χ2v) is 8.71. The van der Waals surface area contributed by atoms with Crippen LogP contribution in [0.2, 0.25) is 0 Å². The summed E-state index contributed by atoms with van der Waals surface area (Å²) in [6, 6.07) is 12.8. The van der Waals surface area contributed by atoms with E-state index >= 15 is 0 Å². The van der Waals surface area contributed by atoms with Gasteiger partial charge in [-0.05, 0) is 42.5 Å². The molecule has 0 bridgehead atoms. The van der Waals surface area contributed by atoms with Crippen LogP contribution in [0.5, 0.6) is 0 Å². The fourth-order valence-corrected chi connectivity index (χ4v) is 4.61. The van der Waals surface area contributed by atoms with Crippen molar-refractivity contribution in [1.29, 1.82) is 0 Å². The Labute approximate surface area is 188 Å². The zero-order valence-electron chi connectivity index (χ0n) is 18.4. The number of nitrogens with zero attached hydrogens (tertiary/aromatic N) is 3. The van der Waals surface area contributed by atoms with Crippen LogP contribution in [-0.4, -0.2) is 58.8 Å². The summed E-state index contributed by atoms with van der Waals surface area (Å²) in [5.74, 6) is -0.738. The number of hydrogen-bond donors (Lipinski definition) is 0. The Morgan fingerprint density at radius 1 is 1.16 bits per heavy atom. The predicted molar refractivity (Wildman–Crippen MR) is 118 cm³/mol. The molecule has 0 spiro atoms. The second kappa shape index (κ2) is 9.61. The summed E-state index contributed by atoms with van der Waals surface area (Å²) in [5, 5.41) is 0. The van der Waals surface area contributed by atoms with Crippen LogP contribution in [-0.2, 0) is 31.1 Å². The summed E-state index contributed by atoms with van der Waals surface area (Å²) in [6.45, 7) is 1.39. The van der Waals surface area contributed by atoms with Gasteiger partial charge in [0.05, 0.1) is 18.1 Å². The lowest BCUT2D eigenvalue weighted by atomic mass is 9.75. The first-order valence-electron chi connectivity index (χ1n) is 11.1. The average Bonchev–Trinajstić information content (AvgIpc) is 3.06. The summed E-state index contributed by atoms with van der Waals surface area (Å²) in [6.07, 6.45) is 6.31. The molecule has 0 radical (unpaired) electrons. The molecule has 0 saturated carbocycles. The highest BCUT2D eigenvalue weighted by Crippen LogP contribution is 2.40. The number of rotatable bonds is 7. The molecule has 7 nitrogen and oxygen atoms in total. The van der Waals surface area contributed by atoms with E-state index in [-0.39, 0.29) is 43.2 Å². The van der Waals surface area contributed by atoms with Gasteiger partial charge in [0.2, 0.25) is 17.7 Å². The van der Waals surface area contributed by atoms with Gasteiger partial charge in [-0.2, -0.15) is 0 Å². The summed E-state index contributed by atoms with van der Waals surface area (Å²) >= 11 is 0. The SMILES string of the molecule is CN(C[C@H]1CCCCO1)C(=O)C[C@]1(c2ccccc2)CC(=O)N(Cc2ccncc2)C1=O. The van der Waals surface area contributed by atoms with Crippen molar-refractivity contribution in [3.8, 4) is 0 Å². The lowest BCUT2D eigenvalue weighted by Crippen LogP contribution is -2.44. The van der Waals surface area contributed by atoms with Crippen molar-refractivity contribution in [2.45, 2.75) is 50.2 Å². The molecule has 0 aliphatic carbocycles. The number of imide groups is 1. The molecule has 0 N–H and O–H groups in total. The summed E-state index contributed by atoms with van der Waals surface area (Å²) < 4.78 is 5.77. The lowest BCUT2D eigenvalue weighted by Gasteiger charge is -2.31. The van der Waals surface area contributed by atoms with E-state index in [0.717, 1.165) is 31.4 Å². The summed E-state index contributed by atoms with van der Waals surface area (Å²) in [7, 11) is 1.75. The minimum absolute atomic E-state index is 0.0135. The van der Waals surface area contributed by atoms with Gasteiger partial charge in [0.25, 0.3) is 0 Å². The van der Waals surface area contributed by atoms with Gasteiger partial charge in [-0.15, -0.1) is 0 Å². The predicted octanol–water partition coefficient (Wildman–Crippen LogP) is 2.70. The second-order valence-electron chi connectivity index (χ2n) is 8.71. The Balaban J connectivity index is 1.57. The minimum Gasteiger partial charge on any atom is -0.376 e. The van der Waals surface area contributed by atoms with Crippen molar-refractivity contribution in [3.63, 3.8) is 0 Å². The standard InChI is InChI=1S/C25H29N3O4/c1-27(18-21-9-5-6-14-32-21)22(29)15-25(20-7-3-2-4-8-20)16-23(30)28(24(25)31)17-19-10-12-26-13-11-19/h2-4,7-8,10-13,21H,5-6,9,14-18H2,1H3/t21-,25-/m1/s1. The maximum Gasteiger partial charge on any atom is 0.241 e. The van der Waals surface area contributed by atoms with Crippen molar-refractivity contribution >= 4 is 17.7 Å². The number of hydrogen-bond acceptors (Lipinski definition) is 5. The van der Waals surface area contributed by atoms with Crippen LogP contribution in [0.15, 0.2) is 54.9 Å². The minimum atomic E-state index is -1.19. The first-order chi connectivity index (χ1) is 15.5. The summed E-state index contributed by atoms with van der Waals surface area (Å²) in [5.41, 5.74) is 0.333. The van der Waals surface area contributed by atoms with Gasteiger partial charge in [-0.25, -0.2) is 0 Å². The van der Waals surface area contributed by atoms with Crippen LogP contribution < -0.4 is 0 Å². The number of aromatic nitrogens is 1. The van der Waals surface area contributed by atoms with E-state index in [2.05, 4.69) is 4.98 Å². The van der Waals surface area contributed by atoms with Crippen molar-refractivity contribution in [1.82, 2.24) is 14.8 Å². The third-order valence-corrected chi connectivity index (χ3v) is 6.46. The number of likely N-dealkylation sites (tertiary alicyclic amines) is 1. The Bertz CT molecular complexity index is 960. The van der Waals surface area contributed by atoms with E-state index in [9.17, 15) is 14.4 Å². The number of pyridine rings is 1. The molecular formula is C25H29N3O4. The average molecular weight is 436 g/mol. The molecule has 1 aromatic heterocycles. The molecule has 7 heteroatoms. The molecule has 1 aromatic carbocycles. The molecular weight excluding hydrogens is 406 g/mol. The van der Waals surface area contributed by atoms with E-state index in [0.29, 0.717) is 12.1 Å². The van der Waals surface area contributed by atoms with Crippen LogP contribution in [0.3, 0.4) is 0 Å². The first kappa shape index (κ1) is 22.1. The quantitative estimate of drug-likeness (QED) is 0.625. The van der Waals surface area contributed by atoms with Crippen LogP contribution in [0, 0.1) is 0 Å². The molecule has 32 heavy (non-hydrogen) atoms. The van der Waals surface area contributed by atoms with Gasteiger partial charge >= 0.3 is 0 Å². The normalized spacial score (nSPS) is 23.4. The van der Waals surface area contributed by atoms with Crippen LogP contribution in [0.25, 0.3) is 0 Å². The van der Waals surface area contributed by atoms with E-state index in [1.54, 1.807) is 36.5 Å². The van der Waals surface area contributed by atoms with Gasteiger partial charge in [0, 0.05) is 45.4 Å². The lowest BCUT2D eigenvalue weighted by molar-refractivity contribution is -0.143. The van der Waals surface area contributed by atoms with Gasteiger partial charge in [0.15, 0.2) is 0 Å². The highest BCUT2D eigenvalue weighted by atomic mass is 16.5. The first-order valence-corrected chi connectivity index (χ1v) is 11.1. The van der Waals surface area contributed by atoms with Crippen LogP contribution in [0.4, 0.5) is 0 Å². The van der Waals surface area contributed by atoms with Crippen molar-refractivity contribution in [2.75, 3.05) is 20.2 Å². The largest absolute Gasteiger partial charge is 0.376 e. The highest BCUT2D eigenvalue weighted by molar-refractivity contribution is 6.10. The van der Waals surface area contributed by atoms with E-state index in [1.807, 2.05) is 30.3 Å². The maximum atomic E-state index is 13.7. The molecule has 3 heterocycles. The molecule has 3 amide bonds. The maximum absolute atomic E-state index is 13.7. The molecule has 2 atom stereocenters. The molecule has 2 aliphatic rings. The third kappa shape index (κ3) is 4.58. The van der Waals surface area contributed by atoms with Crippen molar-refractivity contribution < 1.29 is 19.1 Å². The van der Waals surface area contributed by atoms with Crippen molar-refractivity contribution in [2.24, 2.45) is 0 Å². The number of carbonyl (C=O) groups excluding carboxylic acids is 3. The van der Waals surface area contributed by atoms with Gasteiger partial charge in [-0.1, -0.05) is 30.3 Å². The van der Waals surface area contributed by atoms with Gasteiger partial charge in [-0.3, -0.25) is 24.3 Å².